The molecule has 9 nitrogen and oxygen atoms in total. The lowest BCUT2D eigenvalue weighted by molar-refractivity contribution is -0.136. The quantitative estimate of drug-likeness (QED) is 0.379. The number of methoxy groups -OCH3 is 1. The van der Waals surface area contributed by atoms with Crippen molar-refractivity contribution in [1.82, 2.24) is 14.8 Å². The van der Waals surface area contributed by atoms with Crippen molar-refractivity contribution in [1.29, 1.82) is 0 Å². The average Bonchev–Trinajstić information content (AvgIpc) is 3.69. The normalized spacial score (nSPS) is 15.1. The van der Waals surface area contributed by atoms with Gasteiger partial charge >= 0.3 is 5.97 Å². The van der Waals surface area contributed by atoms with Gasteiger partial charge in [-0.15, -0.1) is 0 Å². The average molecular weight is 470 g/mol. The fraction of sp³-hybridized carbons (Fsp3) is 0.154. The summed E-state index contributed by atoms with van der Waals surface area (Å²) in [5, 5.41) is 10.0. The molecule has 0 saturated heterocycles. The molecular weight excluding hydrogens is 448 g/mol. The Labute approximate surface area is 201 Å². The number of benzene rings is 2. The predicted octanol–water partition coefficient (Wildman–Crippen LogP) is 4.01. The topological polar surface area (TPSA) is 99.2 Å². The molecule has 1 unspecified atom stereocenters. The fourth-order valence-corrected chi connectivity index (χ4v) is 3.85. The van der Waals surface area contributed by atoms with E-state index in [9.17, 15) is 9.59 Å². The van der Waals surface area contributed by atoms with Gasteiger partial charge in [0.25, 0.3) is 5.91 Å². The van der Waals surface area contributed by atoms with E-state index in [2.05, 4.69) is 10.2 Å². The smallest absolute Gasteiger partial charge is 0.338 e. The van der Waals surface area contributed by atoms with E-state index in [1.807, 2.05) is 30.3 Å². The highest BCUT2D eigenvalue weighted by Crippen LogP contribution is 2.33. The van der Waals surface area contributed by atoms with Gasteiger partial charge < -0.3 is 13.9 Å². The van der Waals surface area contributed by atoms with E-state index in [0.717, 1.165) is 22.7 Å². The second-order valence-electron chi connectivity index (χ2n) is 7.82. The summed E-state index contributed by atoms with van der Waals surface area (Å²) >= 11 is 0. The number of hydrogen-bond donors (Lipinski definition) is 0. The maximum Gasteiger partial charge on any atom is 0.338 e. The molecule has 0 spiro atoms. The first kappa shape index (κ1) is 22.1. The molecule has 2 aromatic heterocycles. The van der Waals surface area contributed by atoms with Crippen molar-refractivity contribution >= 4 is 17.6 Å². The summed E-state index contributed by atoms with van der Waals surface area (Å²) in [6.07, 6.45) is 5.49. The number of carbonyl (C=O) groups excluding carboxylic acids is 2. The summed E-state index contributed by atoms with van der Waals surface area (Å²) < 4.78 is 17.7. The molecule has 0 N–H and O–H groups in total. The molecule has 176 valence electrons. The van der Waals surface area contributed by atoms with Crippen LogP contribution < -0.4 is 4.74 Å². The summed E-state index contributed by atoms with van der Waals surface area (Å²) in [6.45, 7) is -0.448. The van der Waals surface area contributed by atoms with Crippen LogP contribution in [0, 0.1) is 0 Å². The second-order valence-corrected chi connectivity index (χ2v) is 7.82. The Hall–Kier alpha value is -4.66. The van der Waals surface area contributed by atoms with Crippen molar-refractivity contribution in [2.45, 2.75) is 12.5 Å². The van der Waals surface area contributed by atoms with E-state index in [4.69, 9.17) is 13.9 Å². The molecule has 5 rings (SSSR count). The van der Waals surface area contributed by atoms with Gasteiger partial charge in [-0.1, -0.05) is 0 Å². The third-order valence-electron chi connectivity index (χ3n) is 5.66. The molecule has 3 heterocycles. The number of rotatable bonds is 7. The lowest BCUT2D eigenvalue weighted by Gasteiger charge is -2.19. The van der Waals surface area contributed by atoms with Crippen molar-refractivity contribution in [3.63, 3.8) is 0 Å². The van der Waals surface area contributed by atoms with Gasteiger partial charge in [0.2, 0.25) is 0 Å². The highest BCUT2D eigenvalue weighted by molar-refractivity contribution is 6.03. The lowest BCUT2D eigenvalue weighted by atomic mass is 10.0. The van der Waals surface area contributed by atoms with Crippen LogP contribution in [0.4, 0.5) is 0 Å². The Morgan fingerprint density at radius 1 is 1.06 bits per heavy atom. The molecule has 1 amide bonds. The number of carbonyl (C=O) groups is 2. The molecular formula is C26H22N4O5. The van der Waals surface area contributed by atoms with Crippen molar-refractivity contribution in [3.05, 3.63) is 102 Å². The summed E-state index contributed by atoms with van der Waals surface area (Å²) in [6, 6.07) is 19.2. The molecule has 2 aromatic carbocycles. The number of ether oxygens (including phenoxy) is 2. The first-order valence-electron chi connectivity index (χ1n) is 11.0. The summed E-state index contributed by atoms with van der Waals surface area (Å²) in [5.74, 6) is 0.286. The van der Waals surface area contributed by atoms with E-state index in [1.165, 1.54) is 5.01 Å². The Kier molecular flexibility index (Phi) is 6.13. The highest BCUT2D eigenvalue weighted by atomic mass is 16.5. The summed E-state index contributed by atoms with van der Waals surface area (Å²) in [4.78, 5) is 25.6. The largest absolute Gasteiger partial charge is 0.497 e. The molecule has 1 atom stereocenters. The first-order chi connectivity index (χ1) is 17.1. The molecule has 0 fully saturated rings. The molecule has 4 aromatic rings. The molecule has 1 aliphatic heterocycles. The van der Waals surface area contributed by atoms with Gasteiger partial charge in [-0.05, 0) is 72.3 Å². The van der Waals surface area contributed by atoms with Gasteiger partial charge in [0, 0.05) is 18.8 Å². The lowest BCUT2D eigenvalue weighted by Crippen LogP contribution is -2.31. The van der Waals surface area contributed by atoms with Crippen molar-refractivity contribution in [2.75, 3.05) is 13.7 Å². The van der Waals surface area contributed by atoms with Crippen molar-refractivity contribution < 1.29 is 23.5 Å². The van der Waals surface area contributed by atoms with E-state index in [1.54, 1.807) is 66.8 Å². The number of esters is 1. The van der Waals surface area contributed by atoms with Crippen molar-refractivity contribution in [3.8, 4) is 11.4 Å². The van der Waals surface area contributed by atoms with E-state index in [-0.39, 0.29) is 0 Å². The summed E-state index contributed by atoms with van der Waals surface area (Å²) in [5.41, 5.74) is 2.73. The summed E-state index contributed by atoms with van der Waals surface area (Å²) in [7, 11) is 1.60. The zero-order valence-corrected chi connectivity index (χ0v) is 18.9. The van der Waals surface area contributed by atoms with E-state index < -0.39 is 24.5 Å². The minimum absolute atomic E-state index is 0.333. The van der Waals surface area contributed by atoms with Crippen LogP contribution in [0.15, 0.2) is 94.9 Å². The molecule has 0 saturated carbocycles. The first-order valence-corrected chi connectivity index (χ1v) is 11.0. The SMILES string of the molecule is COc1ccc(C2=NN(C(=O)COC(=O)c3ccc(-n4cccn4)cc3)C(c3ccco3)C2)cc1. The van der Waals surface area contributed by atoms with E-state index in [0.29, 0.717) is 17.7 Å². The van der Waals surface area contributed by atoms with Crippen LogP contribution in [0.5, 0.6) is 5.75 Å². The van der Waals surface area contributed by atoms with Crippen LogP contribution in [-0.2, 0) is 9.53 Å². The van der Waals surface area contributed by atoms with Crippen LogP contribution in [-0.4, -0.2) is 46.1 Å². The number of hydrogen-bond acceptors (Lipinski definition) is 7. The molecule has 9 heteroatoms. The zero-order chi connectivity index (χ0) is 24.2. The minimum Gasteiger partial charge on any atom is -0.497 e. The molecule has 0 aliphatic carbocycles. The molecule has 0 bridgehead atoms. The number of aromatic nitrogens is 2. The molecule has 1 aliphatic rings. The predicted molar refractivity (Wildman–Crippen MR) is 126 cm³/mol. The number of furan rings is 1. The van der Waals surface area contributed by atoms with Crippen molar-refractivity contribution in [2.24, 2.45) is 5.10 Å². The van der Waals surface area contributed by atoms with Crippen LogP contribution in [0.3, 0.4) is 0 Å². The van der Waals surface area contributed by atoms with Crippen LogP contribution in [0.25, 0.3) is 5.69 Å². The molecule has 35 heavy (non-hydrogen) atoms. The van der Waals surface area contributed by atoms with Gasteiger partial charge in [0.15, 0.2) is 6.61 Å². The van der Waals surface area contributed by atoms with Gasteiger partial charge in [-0.25, -0.2) is 14.5 Å². The van der Waals surface area contributed by atoms with Gasteiger partial charge in [-0.3, -0.25) is 4.79 Å². The monoisotopic (exact) mass is 470 g/mol. The van der Waals surface area contributed by atoms with Gasteiger partial charge in [0.05, 0.1) is 30.3 Å². The van der Waals surface area contributed by atoms with Gasteiger partial charge in [-0.2, -0.15) is 10.2 Å². The Morgan fingerprint density at radius 2 is 1.86 bits per heavy atom. The minimum atomic E-state index is -0.599. The van der Waals surface area contributed by atoms with Crippen LogP contribution >= 0.6 is 0 Å². The standard InChI is InChI=1S/C26H22N4O5/c1-33-21-11-7-18(8-12-21)22-16-23(24-4-2-15-34-24)30(28-22)25(31)17-35-26(32)19-5-9-20(10-6-19)29-14-3-13-27-29/h2-15,23H,16-17H2,1H3. The van der Waals surface area contributed by atoms with E-state index >= 15 is 0 Å². The zero-order valence-electron chi connectivity index (χ0n) is 18.9. The number of nitrogens with zero attached hydrogens (tertiary/aromatic N) is 4. The Morgan fingerprint density at radius 3 is 2.51 bits per heavy atom. The highest BCUT2D eigenvalue weighted by Gasteiger charge is 2.35. The maximum absolute atomic E-state index is 13.0. The van der Waals surface area contributed by atoms with Gasteiger partial charge in [0.1, 0.15) is 17.6 Å². The maximum atomic E-state index is 13.0. The fourth-order valence-electron chi connectivity index (χ4n) is 3.85. The second kappa shape index (κ2) is 9.68. The third-order valence-corrected chi connectivity index (χ3v) is 5.66. The van der Waals surface area contributed by atoms with Crippen LogP contribution in [0.1, 0.15) is 34.1 Å². The number of hydrazone groups is 1. The third kappa shape index (κ3) is 4.70. The Bertz CT molecular complexity index is 1330. The Balaban J connectivity index is 1.28. The molecule has 0 radical (unpaired) electrons. The van der Waals surface area contributed by atoms with Crippen LogP contribution in [0.2, 0.25) is 0 Å². The number of amides is 1.